The summed E-state index contributed by atoms with van der Waals surface area (Å²) in [6.07, 6.45) is 3.70. The Labute approximate surface area is 185 Å². The smallest absolute Gasteiger partial charge is 0.240 e. The van der Waals surface area contributed by atoms with Gasteiger partial charge in [-0.3, -0.25) is 0 Å². The van der Waals surface area contributed by atoms with Crippen molar-refractivity contribution in [3.63, 3.8) is 0 Å². The second kappa shape index (κ2) is 8.74. The van der Waals surface area contributed by atoms with Gasteiger partial charge in [-0.1, -0.05) is 35.9 Å². The molecule has 2 aromatic carbocycles. The van der Waals surface area contributed by atoms with E-state index in [0.717, 1.165) is 22.9 Å². The van der Waals surface area contributed by atoms with E-state index in [4.69, 9.17) is 11.6 Å². The summed E-state index contributed by atoms with van der Waals surface area (Å²) < 4.78 is 42.2. The van der Waals surface area contributed by atoms with Crippen LogP contribution in [0.3, 0.4) is 0 Å². The van der Waals surface area contributed by atoms with Crippen molar-refractivity contribution in [3.05, 3.63) is 77.2 Å². The fourth-order valence-corrected chi connectivity index (χ4v) is 4.64. The van der Waals surface area contributed by atoms with Gasteiger partial charge in [0.1, 0.15) is 25.3 Å². The third kappa shape index (κ3) is 4.61. The van der Waals surface area contributed by atoms with Gasteiger partial charge in [0.15, 0.2) is 0 Å². The summed E-state index contributed by atoms with van der Waals surface area (Å²) >= 11 is 6.38. The zero-order valence-electron chi connectivity index (χ0n) is 16.6. The molecule has 160 valence electrons. The summed E-state index contributed by atoms with van der Waals surface area (Å²) in [5, 5.41) is 11.7. The molecule has 0 aliphatic carbocycles. The lowest BCUT2D eigenvalue weighted by atomic mass is 9.98. The lowest BCUT2D eigenvalue weighted by Gasteiger charge is -2.27. The SMILES string of the molecule is Bc1cnn2c1NC(c1ccccc1Cl)C=C2NCCNS(=O)(=O)c1cccc(F)c1. The fraction of sp³-hybridized carbons (Fsp3) is 0.150. The molecule has 1 aromatic heterocycles. The molecule has 0 saturated heterocycles. The van der Waals surface area contributed by atoms with Crippen LogP contribution in [0.1, 0.15) is 11.6 Å². The molecular formula is C20H20BClFN5O2S. The molecule has 4 rings (SSSR count). The Morgan fingerprint density at radius 1 is 1.19 bits per heavy atom. The monoisotopic (exact) mass is 459 g/mol. The predicted molar refractivity (Wildman–Crippen MR) is 122 cm³/mol. The van der Waals surface area contributed by atoms with Crippen molar-refractivity contribution in [2.45, 2.75) is 10.9 Å². The van der Waals surface area contributed by atoms with Gasteiger partial charge < -0.3 is 10.6 Å². The van der Waals surface area contributed by atoms with Gasteiger partial charge in [-0.15, -0.1) is 0 Å². The van der Waals surface area contributed by atoms with Gasteiger partial charge in [-0.25, -0.2) is 22.2 Å². The minimum absolute atomic E-state index is 0.107. The van der Waals surface area contributed by atoms with Crippen LogP contribution in [0.25, 0.3) is 5.82 Å². The number of sulfonamides is 1. The van der Waals surface area contributed by atoms with Crippen LogP contribution in [0.15, 0.2) is 65.7 Å². The van der Waals surface area contributed by atoms with Crippen molar-refractivity contribution in [1.29, 1.82) is 0 Å². The van der Waals surface area contributed by atoms with E-state index in [-0.39, 0.29) is 17.5 Å². The first-order chi connectivity index (χ1) is 14.8. The fourth-order valence-electron chi connectivity index (χ4n) is 3.33. The number of anilines is 1. The third-order valence-corrected chi connectivity index (χ3v) is 6.67. The maximum absolute atomic E-state index is 13.3. The van der Waals surface area contributed by atoms with Crippen LogP contribution in [0.4, 0.5) is 10.2 Å². The lowest BCUT2D eigenvalue weighted by molar-refractivity contribution is 0.576. The van der Waals surface area contributed by atoms with E-state index in [0.29, 0.717) is 17.4 Å². The molecule has 1 aliphatic rings. The van der Waals surface area contributed by atoms with Crippen LogP contribution in [0.5, 0.6) is 0 Å². The summed E-state index contributed by atoms with van der Waals surface area (Å²) in [7, 11) is -1.85. The average molecular weight is 460 g/mol. The molecule has 31 heavy (non-hydrogen) atoms. The molecule has 1 atom stereocenters. The molecule has 0 saturated carbocycles. The number of hydrogen-bond donors (Lipinski definition) is 3. The number of nitrogens with zero attached hydrogens (tertiary/aromatic N) is 2. The highest BCUT2D eigenvalue weighted by atomic mass is 35.5. The minimum Gasteiger partial charge on any atom is -0.369 e. The normalized spacial score (nSPS) is 15.7. The van der Waals surface area contributed by atoms with Crippen LogP contribution in [-0.4, -0.2) is 39.1 Å². The molecule has 1 unspecified atom stereocenters. The number of hydrogen-bond acceptors (Lipinski definition) is 5. The summed E-state index contributed by atoms with van der Waals surface area (Å²) in [6, 6.07) is 12.3. The molecule has 1 aliphatic heterocycles. The Hall–Kier alpha value is -2.82. The van der Waals surface area contributed by atoms with E-state index < -0.39 is 15.8 Å². The molecule has 2 heterocycles. The van der Waals surface area contributed by atoms with E-state index >= 15 is 0 Å². The first kappa shape index (κ1) is 21.4. The lowest BCUT2D eigenvalue weighted by Crippen LogP contribution is -2.34. The molecule has 3 aromatic rings. The summed E-state index contributed by atoms with van der Waals surface area (Å²) in [4.78, 5) is -0.114. The zero-order valence-corrected chi connectivity index (χ0v) is 18.2. The predicted octanol–water partition coefficient (Wildman–Crippen LogP) is 1.47. The van der Waals surface area contributed by atoms with Crippen molar-refractivity contribution < 1.29 is 12.8 Å². The van der Waals surface area contributed by atoms with Gasteiger partial charge in [0, 0.05) is 24.3 Å². The van der Waals surface area contributed by atoms with E-state index in [1.54, 1.807) is 10.9 Å². The third-order valence-electron chi connectivity index (χ3n) is 4.87. The first-order valence-corrected chi connectivity index (χ1v) is 11.5. The summed E-state index contributed by atoms with van der Waals surface area (Å²) in [5.41, 5.74) is 1.89. The Morgan fingerprint density at radius 3 is 2.77 bits per heavy atom. The zero-order chi connectivity index (χ0) is 22.0. The molecular weight excluding hydrogens is 440 g/mol. The number of fused-ring (bicyclic) bond motifs is 1. The van der Waals surface area contributed by atoms with Crippen molar-refractivity contribution in [1.82, 2.24) is 19.8 Å². The van der Waals surface area contributed by atoms with Gasteiger partial charge in [0.05, 0.1) is 10.9 Å². The Morgan fingerprint density at radius 2 is 2.00 bits per heavy atom. The van der Waals surface area contributed by atoms with Crippen LogP contribution < -0.4 is 20.8 Å². The highest BCUT2D eigenvalue weighted by Crippen LogP contribution is 2.31. The second-order valence-corrected chi connectivity index (χ2v) is 9.24. The number of halogens is 2. The topological polar surface area (TPSA) is 88.1 Å². The van der Waals surface area contributed by atoms with Gasteiger partial charge in [-0.05, 0) is 41.4 Å². The average Bonchev–Trinajstić information content (AvgIpc) is 3.12. The van der Waals surface area contributed by atoms with Crippen molar-refractivity contribution >= 4 is 46.6 Å². The molecule has 3 N–H and O–H groups in total. The maximum atomic E-state index is 13.3. The molecule has 0 spiro atoms. The van der Waals surface area contributed by atoms with Crippen molar-refractivity contribution in [2.75, 3.05) is 18.4 Å². The number of nitrogens with one attached hydrogen (secondary N) is 3. The van der Waals surface area contributed by atoms with Gasteiger partial charge in [0.25, 0.3) is 0 Å². The van der Waals surface area contributed by atoms with E-state index in [1.165, 1.54) is 18.2 Å². The number of benzene rings is 2. The van der Waals surface area contributed by atoms with Gasteiger partial charge >= 0.3 is 0 Å². The highest BCUT2D eigenvalue weighted by molar-refractivity contribution is 7.89. The van der Waals surface area contributed by atoms with Gasteiger partial charge in [0.2, 0.25) is 10.0 Å². The minimum atomic E-state index is -3.80. The van der Waals surface area contributed by atoms with Crippen molar-refractivity contribution in [2.24, 2.45) is 0 Å². The van der Waals surface area contributed by atoms with Crippen LogP contribution in [-0.2, 0) is 10.0 Å². The first-order valence-electron chi connectivity index (χ1n) is 9.62. The van der Waals surface area contributed by atoms with Crippen LogP contribution in [0.2, 0.25) is 5.02 Å². The quantitative estimate of drug-likeness (QED) is 0.368. The van der Waals surface area contributed by atoms with E-state index in [9.17, 15) is 12.8 Å². The Bertz CT molecular complexity index is 1250. The van der Waals surface area contributed by atoms with Crippen LogP contribution >= 0.6 is 11.6 Å². The summed E-state index contributed by atoms with van der Waals surface area (Å²) in [5.74, 6) is 0.931. The van der Waals surface area contributed by atoms with E-state index in [2.05, 4.69) is 20.5 Å². The van der Waals surface area contributed by atoms with Crippen molar-refractivity contribution in [3.8, 4) is 0 Å². The van der Waals surface area contributed by atoms with Crippen LogP contribution in [0, 0.1) is 5.82 Å². The molecule has 11 heteroatoms. The van der Waals surface area contributed by atoms with Gasteiger partial charge in [-0.2, -0.15) is 5.10 Å². The molecule has 7 nitrogen and oxygen atoms in total. The molecule has 0 bridgehead atoms. The second-order valence-electron chi connectivity index (χ2n) is 7.07. The number of rotatable bonds is 7. The Kier molecular flexibility index (Phi) is 6.04. The number of aromatic nitrogens is 2. The molecule has 0 fully saturated rings. The standard InChI is InChI=1S/C20H20BClFN5O2S/c21-16-12-25-28-19(11-18(27-20(16)28)15-6-1-2-7-17(15)22)24-8-9-26-31(29,30)14-5-3-4-13(23)10-14/h1-7,10-12,18,24,26-27H,8-9,21H2. The molecule has 0 amide bonds. The largest absolute Gasteiger partial charge is 0.369 e. The Balaban J connectivity index is 1.48. The maximum Gasteiger partial charge on any atom is 0.240 e. The summed E-state index contributed by atoms with van der Waals surface area (Å²) in [6.45, 7) is 0.407. The highest BCUT2D eigenvalue weighted by Gasteiger charge is 2.23. The van der Waals surface area contributed by atoms with E-state index in [1.807, 2.05) is 38.2 Å². The molecule has 0 radical (unpaired) electrons.